The number of carbonyl (C=O) groups is 1. The van der Waals surface area contributed by atoms with E-state index < -0.39 is 10.2 Å². The zero-order valence-electron chi connectivity index (χ0n) is 11.0. The number of hydrogen-bond acceptors (Lipinski definition) is 4. The van der Waals surface area contributed by atoms with E-state index in [2.05, 4.69) is 0 Å². The molecule has 0 spiro atoms. The van der Waals surface area contributed by atoms with E-state index in [4.69, 9.17) is 5.73 Å². The van der Waals surface area contributed by atoms with Crippen molar-refractivity contribution in [3.8, 4) is 0 Å². The van der Waals surface area contributed by atoms with Gasteiger partial charge in [0.05, 0.1) is 6.54 Å². The van der Waals surface area contributed by atoms with Crippen molar-refractivity contribution in [3.05, 3.63) is 0 Å². The van der Waals surface area contributed by atoms with Gasteiger partial charge in [0.15, 0.2) is 0 Å². The van der Waals surface area contributed by atoms with E-state index in [1.54, 1.807) is 11.9 Å². The number of nitrogens with two attached hydrogens (primary N) is 1. The van der Waals surface area contributed by atoms with Crippen LogP contribution in [0.15, 0.2) is 0 Å². The number of amides is 1. The quantitative estimate of drug-likeness (QED) is 0.675. The van der Waals surface area contributed by atoms with Gasteiger partial charge >= 0.3 is 0 Å². The summed E-state index contributed by atoms with van der Waals surface area (Å²) in [6, 6.07) is 0. The highest BCUT2D eigenvalue weighted by atomic mass is 32.2. The third kappa shape index (κ3) is 3.64. The van der Waals surface area contributed by atoms with Gasteiger partial charge < -0.3 is 10.6 Å². The molecule has 0 bridgehead atoms. The molecule has 8 heteroatoms. The minimum Gasteiger partial charge on any atom is -0.345 e. The maximum Gasteiger partial charge on any atom is 0.282 e. The van der Waals surface area contributed by atoms with Gasteiger partial charge in [-0.1, -0.05) is 0 Å². The van der Waals surface area contributed by atoms with Crippen LogP contribution in [0, 0.1) is 0 Å². The molecule has 1 fully saturated rings. The lowest BCUT2D eigenvalue weighted by molar-refractivity contribution is -0.129. The minimum absolute atomic E-state index is 0.0776. The monoisotopic (exact) mass is 278 g/mol. The molecule has 0 atom stereocenters. The van der Waals surface area contributed by atoms with Crippen molar-refractivity contribution in [3.63, 3.8) is 0 Å². The molecule has 0 unspecified atom stereocenters. The second-order valence-electron chi connectivity index (χ2n) is 4.47. The standard InChI is InChI=1S/C10H22N4O3S/c1-12-6-4-8-14(9-10(12)15)18(16,17)13(2)7-3-5-11/h3-9,11H2,1-2H3. The van der Waals surface area contributed by atoms with Gasteiger partial charge in [-0.2, -0.15) is 17.0 Å². The Morgan fingerprint density at radius 2 is 2.06 bits per heavy atom. The summed E-state index contributed by atoms with van der Waals surface area (Å²) in [5.41, 5.74) is 5.37. The molecule has 0 aromatic rings. The van der Waals surface area contributed by atoms with Crippen LogP contribution < -0.4 is 5.73 Å². The van der Waals surface area contributed by atoms with E-state index in [1.807, 2.05) is 0 Å². The average molecular weight is 278 g/mol. The molecule has 0 saturated carbocycles. The smallest absolute Gasteiger partial charge is 0.282 e. The van der Waals surface area contributed by atoms with E-state index in [9.17, 15) is 13.2 Å². The second kappa shape index (κ2) is 6.46. The van der Waals surface area contributed by atoms with E-state index in [0.29, 0.717) is 39.0 Å². The molecule has 1 aliphatic rings. The van der Waals surface area contributed by atoms with Gasteiger partial charge in [0.1, 0.15) is 0 Å². The Hall–Kier alpha value is -0.700. The first kappa shape index (κ1) is 15.4. The SMILES string of the molecule is CN1CCCN(S(=O)(=O)N(C)CCCN)CC1=O. The maximum atomic E-state index is 12.2. The molecule has 1 heterocycles. The summed E-state index contributed by atoms with van der Waals surface area (Å²) >= 11 is 0. The predicted octanol–water partition coefficient (Wildman–Crippen LogP) is -1.32. The lowest BCUT2D eigenvalue weighted by atomic mass is 10.4. The van der Waals surface area contributed by atoms with E-state index in [0.717, 1.165) is 0 Å². The van der Waals surface area contributed by atoms with Gasteiger partial charge in [0.25, 0.3) is 10.2 Å². The first-order chi connectivity index (χ1) is 8.39. The van der Waals surface area contributed by atoms with E-state index in [1.165, 1.54) is 15.7 Å². The number of nitrogens with zero attached hydrogens (tertiary/aromatic N) is 3. The van der Waals surface area contributed by atoms with Crippen molar-refractivity contribution in [1.82, 2.24) is 13.5 Å². The summed E-state index contributed by atoms with van der Waals surface area (Å²) in [6.45, 7) is 1.72. The van der Waals surface area contributed by atoms with Crippen molar-refractivity contribution in [2.24, 2.45) is 5.73 Å². The van der Waals surface area contributed by atoms with Crippen molar-refractivity contribution >= 4 is 16.1 Å². The Morgan fingerprint density at radius 3 is 2.67 bits per heavy atom. The Kier molecular flexibility index (Phi) is 5.51. The summed E-state index contributed by atoms with van der Waals surface area (Å²) < 4.78 is 27.0. The van der Waals surface area contributed by atoms with Gasteiger partial charge in [0, 0.05) is 33.7 Å². The van der Waals surface area contributed by atoms with Crippen LogP contribution in [0.25, 0.3) is 0 Å². The first-order valence-corrected chi connectivity index (χ1v) is 7.44. The van der Waals surface area contributed by atoms with Gasteiger partial charge in [-0.3, -0.25) is 4.79 Å². The number of likely N-dealkylation sites (N-methyl/N-ethyl adjacent to an activating group) is 1. The fourth-order valence-corrected chi connectivity index (χ4v) is 3.17. The van der Waals surface area contributed by atoms with Crippen LogP contribution in [-0.4, -0.2) is 74.7 Å². The lowest BCUT2D eigenvalue weighted by Crippen LogP contribution is -2.45. The molecule has 0 aliphatic carbocycles. The first-order valence-electron chi connectivity index (χ1n) is 6.05. The van der Waals surface area contributed by atoms with Gasteiger partial charge in [-0.05, 0) is 19.4 Å². The molecule has 106 valence electrons. The molecular formula is C10H22N4O3S. The molecule has 1 aliphatic heterocycles. The lowest BCUT2D eigenvalue weighted by Gasteiger charge is -2.25. The van der Waals surface area contributed by atoms with Crippen LogP contribution in [0.4, 0.5) is 0 Å². The van der Waals surface area contributed by atoms with E-state index >= 15 is 0 Å². The Bertz CT molecular complexity index is 385. The molecule has 7 nitrogen and oxygen atoms in total. The molecule has 0 aromatic carbocycles. The highest BCUT2D eigenvalue weighted by Gasteiger charge is 2.30. The van der Waals surface area contributed by atoms with Crippen molar-refractivity contribution < 1.29 is 13.2 Å². The Morgan fingerprint density at radius 1 is 1.39 bits per heavy atom. The number of rotatable bonds is 5. The van der Waals surface area contributed by atoms with Crippen LogP contribution in [0.3, 0.4) is 0 Å². The largest absolute Gasteiger partial charge is 0.345 e. The molecular weight excluding hydrogens is 256 g/mol. The fraction of sp³-hybridized carbons (Fsp3) is 0.900. The van der Waals surface area contributed by atoms with Gasteiger partial charge in [-0.15, -0.1) is 0 Å². The van der Waals surface area contributed by atoms with Gasteiger partial charge in [-0.25, -0.2) is 0 Å². The van der Waals surface area contributed by atoms with Crippen molar-refractivity contribution in [2.75, 3.05) is 46.8 Å². The molecule has 1 rings (SSSR count). The molecule has 18 heavy (non-hydrogen) atoms. The summed E-state index contributed by atoms with van der Waals surface area (Å²) in [5.74, 6) is -0.164. The summed E-state index contributed by atoms with van der Waals surface area (Å²) in [7, 11) is -0.341. The third-order valence-electron chi connectivity index (χ3n) is 3.04. The van der Waals surface area contributed by atoms with Gasteiger partial charge in [0.2, 0.25) is 5.91 Å². The van der Waals surface area contributed by atoms with Crippen LogP contribution in [0.5, 0.6) is 0 Å². The zero-order valence-corrected chi connectivity index (χ0v) is 11.8. The van der Waals surface area contributed by atoms with E-state index in [-0.39, 0.29) is 12.5 Å². The molecule has 2 N–H and O–H groups in total. The van der Waals surface area contributed by atoms with Crippen LogP contribution in [0.2, 0.25) is 0 Å². The molecule has 0 radical (unpaired) electrons. The average Bonchev–Trinajstić information content (AvgIpc) is 2.49. The Balaban J connectivity index is 2.74. The molecule has 1 saturated heterocycles. The summed E-state index contributed by atoms with van der Waals surface area (Å²) in [5, 5.41) is 0. The number of hydrogen-bond donors (Lipinski definition) is 1. The summed E-state index contributed by atoms with van der Waals surface area (Å²) in [4.78, 5) is 13.3. The Labute approximate surface area is 109 Å². The predicted molar refractivity (Wildman–Crippen MR) is 69.0 cm³/mol. The highest BCUT2D eigenvalue weighted by Crippen LogP contribution is 2.11. The van der Waals surface area contributed by atoms with Crippen LogP contribution in [0.1, 0.15) is 12.8 Å². The van der Waals surface area contributed by atoms with Crippen molar-refractivity contribution in [1.29, 1.82) is 0 Å². The molecule has 0 aromatic heterocycles. The maximum absolute atomic E-state index is 12.2. The fourth-order valence-electron chi connectivity index (χ4n) is 1.78. The van der Waals surface area contributed by atoms with Crippen molar-refractivity contribution in [2.45, 2.75) is 12.8 Å². The van der Waals surface area contributed by atoms with Crippen LogP contribution in [-0.2, 0) is 15.0 Å². The molecule has 1 amide bonds. The number of carbonyl (C=O) groups excluding carboxylic acids is 1. The topological polar surface area (TPSA) is 87.0 Å². The minimum atomic E-state index is -3.55. The summed E-state index contributed by atoms with van der Waals surface area (Å²) in [6.07, 6.45) is 1.27. The zero-order chi connectivity index (χ0) is 13.8. The normalized spacial score (nSPS) is 19.3. The van der Waals surface area contributed by atoms with Crippen LogP contribution >= 0.6 is 0 Å². The third-order valence-corrected chi connectivity index (χ3v) is 4.97. The second-order valence-corrected chi connectivity index (χ2v) is 6.51. The highest BCUT2D eigenvalue weighted by molar-refractivity contribution is 7.86.